The number of rotatable bonds is 1. The minimum atomic E-state index is -0.514. The molecule has 5 heteroatoms. The summed E-state index contributed by atoms with van der Waals surface area (Å²) in [7, 11) is -0.514. The first-order valence-electron chi connectivity index (χ1n) is 5.75. The zero-order chi connectivity index (χ0) is 13.6. The van der Waals surface area contributed by atoms with E-state index < -0.39 is 18.3 Å². The van der Waals surface area contributed by atoms with Gasteiger partial charge in [0.15, 0.2) is 0 Å². The van der Waals surface area contributed by atoms with Gasteiger partial charge in [0.2, 0.25) is 0 Å². The van der Waals surface area contributed by atoms with E-state index in [1.807, 2.05) is 27.7 Å². The Hall–Kier alpha value is -1.02. The Bertz CT molecular complexity index is 506. The molecule has 1 aromatic heterocycles. The Morgan fingerprint density at radius 3 is 2.28 bits per heavy atom. The summed E-state index contributed by atoms with van der Waals surface area (Å²) < 4.78 is 11.8. The average molecular weight is 264 g/mol. The van der Waals surface area contributed by atoms with Crippen molar-refractivity contribution in [2.24, 2.45) is 0 Å². The molecule has 1 saturated heterocycles. The molecule has 0 aliphatic carbocycles. The topological polar surface area (TPSA) is 31.4 Å². The highest BCUT2D eigenvalue weighted by Crippen LogP contribution is 2.36. The molecule has 1 aliphatic rings. The van der Waals surface area contributed by atoms with Gasteiger partial charge in [-0.1, -0.05) is 11.6 Å². The summed E-state index contributed by atoms with van der Waals surface area (Å²) in [4.78, 5) is 4.29. The lowest BCUT2D eigenvalue weighted by Gasteiger charge is -2.32. The second kappa shape index (κ2) is 4.27. The van der Waals surface area contributed by atoms with Crippen LogP contribution in [0, 0.1) is 12.3 Å². The van der Waals surface area contributed by atoms with E-state index in [0.29, 0.717) is 16.3 Å². The van der Waals surface area contributed by atoms with E-state index in [1.54, 1.807) is 12.1 Å². The fourth-order valence-electron chi connectivity index (χ4n) is 1.65. The van der Waals surface area contributed by atoms with Gasteiger partial charge < -0.3 is 9.31 Å². The maximum atomic E-state index is 5.93. The molecule has 2 heterocycles. The molecule has 0 saturated carbocycles. The standard InChI is InChI=1S/C13H15BClNO2/c1-6-10-9(15)7-8-11(16-10)14-17-12(2,3)13(4,5)18-14/h1,7-8H,2-5H3. The summed E-state index contributed by atoms with van der Waals surface area (Å²) in [5.74, 6) is 2.45. The van der Waals surface area contributed by atoms with Crippen molar-refractivity contribution < 1.29 is 9.31 Å². The van der Waals surface area contributed by atoms with Crippen LogP contribution in [0.4, 0.5) is 0 Å². The number of terminal acetylenes is 1. The number of hydrogen-bond acceptors (Lipinski definition) is 3. The van der Waals surface area contributed by atoms with E-state index in [1.165, 1.54) is 0 Å². The number of hydrogen-bond donors (Lipinski definition) is 0. The van der Waals surface area contributed by atoms with Crippen LogP contribution in [0.2, 0.25) is 5.02 Å². The average Bonchev–Trinajstić information content (AvgIpc) is 2.49. The van der Waals surface area contributed by atoms with Crippen LogP contribution < -0.4 is 5.59 Å². The van der Waals surface area contributed by atoms with Gasteiger partial charge in [0.05, 0.1) is 21.8 Å². The van der Waals surface area contributed by atoms with Gasteiger partial charge in [-0.2, -0.15) is 0 Å². The fourth-order valence-corrected chi connectivity index (χ4v) is 1.81. The summed E-state index contributed by atoms with van der Waals surface area (Å²) in [5.41, 5.74) is 0.264. The maximum absolute atomic E-state index is 5.93. The lowest BCUT2D eigenvalue weighted by Crippen LogP contribution is -2.41. The Balaban J connectivity index is 2.33. The molecule has 3 nitrogen and oxygen atoms in total. The number of nitrogens with zero attached hydrogens (tertiary/aromatic N) is 1. The quantitative estimate of drug-likeness (QED) is 0.574. The van der Waals surface area contributed by atoms with E-state index in [2.05, 4.69) is 10.9 Å². The van der Waals surface area contributed by atoms with Crippen LogP contribution in [-0.4, -0.2) is 23.3 Å². The molecule has 94 valence electrons. The molecule has 0 N–H and O–H groups in total. The van der Waals surface area contributed by atoms with Crippen LogP contribution >= 0.6 is 11.6 Å². The molecule has 0 radical (unpaired) electrons. The van der Waals surface area contributed by atoms with Gasteiger partial charge in [-0.05, 0) is 45.7 Å². The second-order valence-corrected chi connectivity index (χ2v) is 5.71. The van der Waals surface area contributed by atoms with Crippen LogP contribution in [0.3, 0.4) is 0 Å². The van der Waals surface area contributed by atoms with Crippen molar-refractivity contribution in [3.63, 3.8) is 0 Å². The highest BCUT2D eigenvalue weighted by molar-refractivity contribution is 6.61. The van der Waals surface area contributed by atoms with Gasteiger partial charge in [0, 0.05) is 0 Å². The first-order valence-corrected chi connectivity index (χ1v) is 6.13. The number of pyridine rings is 1. The molecular formula is C13H15BClNO2. The molecule has 18 heavy (non-hydrogen) atoms. The molecule has 0 aromatic carbocycles. The van der Waals surface area contributed by atoms with Crippen LogP contribution in [0.25, 0.3) is 0 Å². The third-order valence-corrected chi connectivity index (χ3v) is 3.80. The van der Waals surface area contributed by atoms with Crippen molar-refractivity contribution >= 4 is 24.3 Å². The van der Waals surface area contributed by atoms with Crippen molar-refractivity contribution in [2.75, 3.05) is 0 Å². The first kappa shape index (κ1) is 13.4. The summed E-state index contributed by atoms with van der Waals surface area (Å²) in [6, 6.07) is 3.48. The van der Waals surface area contributed by atoms with Gasteiger partial charge >= 0.3 is 7.12 Å². The Morgan fingerprint density at radius 1 is 1.22 bits per heavy atom. The Kier molecular flexibility index (Phi) is 3.18. The van der Waals surface area contributed by atoms with Crippen LogP contribution in [0.1, 0.15) is 33.4 Å². The van der Waals surface area contributed by atoms with Crippen molar-refractivity contribution in [3.05, 3.63) is 22.8 Å². The lowest BCUT2D eigenvalue weighted by atomic mass is 9.84. The third-order valence-electron chi connectivity index (χ3n) is 3.50. The van der Waals surface area contributed by atoms with Gasteiger partial charge in [-0.15, -0.1) is 6.42 Å². The second-order valence-electron chi connectivity index (χ2n) is 5.30. The van der Waals surface area contributed by atoms with Crippen molar-refractivity contribution in [3.8, 4) is 12.3 Å². The van der Waals surface area contributed by atoms with E-state index >= 15 is 0 Å². The lowest BCUT2D eigenvalue weighted by molar-refractivity contribution is 0.00578. The van der Waals surface area contributed by atoms with Crippen LogP contribution in [-0.2, 0) is 9.31 Å². The smallest absolute Gasteiger partial charge is 0.398 e. The SMILES string of the molecule is C#Cc1nc(B2OC(C)(C)C(C)(C)O2)ccc1Cl. The van der Waals surface area contributed by atoms with Crippen LogP contribution in [0.15, 0.2) is 12.1 Å². The molecule has 0 unspecified atom stereocenters. The molecule has 1 fully saturated rings. The zero-order valence-corrected chi connectivity index (χ0v) is 11.7. The summed E-state index contributed by atoms with van der Waals surface area (Å²) >= 11 is 5.93. The minimum Gasteiger partial charge on any atom is -0.398 e. The van der Waals surface area contributed by atoms with E-state index in [0.717, 1.165) is 0 Å². The van der Waals surface area contributed by atoms with E-state index in [-0.39, 0.29) is 0 Å². The first-order chi connectivity index (χ1) is 8.27. The van der Waals surface area contributed by atoms with Gasteiger partial charge in [-0.25, -0.2) is 4.98 Å². The van der Waals surface area contributed by atoms with Crippen molar-refractivity contribution in [1.82, 2.24) is 4.98 Å². The summed E-state index contributed by atoms with van der Waals surface area (Å²) in [6.45, 7) is 7.96. The maximum Gasteiger partial charge on any atom is 0.514 e. The molecule has 1 aromatic rings. The largest absolute Gasteiger partial charge is 0.514 e. The Morgan fingerprint density at radius 2 is 1.78 bits per heavy atom. The molecule has 0 spiro atoms. The number of halogens is 1. The molecule has 0 atom stereocenters. The fraction of sp³-hybridized carbons (Fsp3) is 0.462. The van der Waals surface area contributed by atoms with Crippen LogP contribution in [0.5, 0.6) is 0 Å². The summed E-state index contributed by atoms with van der Waals surface area (Å²) in [6.07, 6.45) is 5.35. The minimum absolute atomic E-state index is 0.394. The molecular weight excluding hydrogens is 248 g/mol. The van der Waals surface area contributed by atoms with E-state index in [4.69, 9.17) is 27.3 Å². The zero-order valence-electron chi connectivity index (χ0n) is 11.0. The predicted octanol–water partition coefficient (Wildman–Crippen LogP) is 2.02. The molecule has 2 rings (SSSR count). The highest BCUT2D eigenvalue weighted by Gasteiger charge is 2.52. The Labute approximate surface area is 113 Å². The van der Waals surface area contributed by atoms with Crippen molar-refractivity contribution in [1.29, 1.82) is 0 Å². The molecule has 0 bridgehead atoms. The van der Waals surface area contributed by atoms with Gasteiger partial charge in [0.25, 0.3) is 0 Å². The predicted molar refractivity (Wildman–Crippen MR) is 72.9 cm³/mol. The van der Waals surface area contributed by atoms with E-state index in [9.17, 15) is 0 Å². The number of aromatic nitrogens is 1. The molecule has 1 aliphatic heterocycles. The van der Waals surface area contributed by atoms with Gasteiger partial charge in [0.1, 0.15) is 5.69 Å². The normalized spacial score (nSPS) is 20.8. The monoisotopic (exact) mass is 263 g/mol. The van der Waals surface area contributed by atoms with Gasteiger partial charge in [-0.3, -0.25) is 0 Å². The summed E-state index contributed by atoms with van der Waals surface area (Å²) in [5, 5.41) is 0.456. The molecule has 0 amide bonds. The highest BCUT2D eigenvalue weighted by atomic mass is 35.5. The van der Waals surface area contributed by atoms with Crippen molar-refractivity contribution in [2.45, 2.75) is 38.9 Å². The third kappa shape index (κ3) is 2.14.